The lowest BCUT2D eigenvalue weighted by molar-refractivity contribution is 0.264. The molecule has 0 spiro atoms. The van der Waals surface area contributed by atoms with Gasteiger partial charge in [-0.3, -0.25) is 0 Å². The number of methoxy groups -OCH3 is 1. The van der Waals surface area contributed by atoms with E-state index < -0.39 is 21.9 Å². The zero-order valence-corrected chi connectivity index (χ0v) is 15.0. The number of para-hydroxylation sites is 1. The van der Waals surface area contributed by atoms with Crippen molar-refractivity contribution in [3.05, 3.63) is 59.4 Å². The molecule has 134 valence electrons. The average molecular weight is 364 g/mol. The Morgan fingerprint density at radius 2 is 1.96 bits per heavy atom. The topological polar surface area (TPSA) is 58.6 Å². The van der Waals surface area contributed by atoms with E-state index in [1.54, 1.807) is 7.11 Å². The zero-order chi connectivity index (χ0) is 18.0. The lowest BCUT2D eigenvalue weighted by atomic mass is 10.0. The molecule has 0 bridgehead atoms. The van der Waals surface area contributed by atoms with Crippen LogP contribution in [0.3, 0.4) is 0 Å². The highest BCUT2D eigenvalue weighted by molar-refractivity contribution is 7.89. The number of nitrogens with one attached hydrogen (secondary N) is 1. The SMILES string of the molecule is COc1ccccc1C1CNCCN1S(=O)(=O)c1cccc(F)c1C. The summed E-state index contributed by atoms with van der Waals surface area (Å²) in [6.07, 6.45) is 0. The number of piperazine rings is 1. The Balaban J connectivity index is 2.08. The molecular formula is C18H21FN2O3S. The molecule has 5 nitrogen and oxygen atoms in total. The molecular weight excluding hydrogens is 343 g/mol. The van der Waals surface area contributed by atoms with Crippen LogP contribution in [-0.2, 0) is 10.0 Å². The molecule has 1 atom stereocenters. The van der Waals surface area contributed by atoms with Crippen LogP contribution in [0, 0.1) is 12.7 Å². The van der Waals surface area contributed by atoms with Crippen molar-refractivity contribution in [1.82, 2.24) is 9.62 Å². The Labute approximate surface area is 147 Å². The molecule has 1 saturated heterocycles. The Kier molecular flexibility index (Phi) is 5.08. The molecule has 0 radical (unpaired) electrons. The highest BCUT2D eigenvalue weighted by Crippen LogP contribution is 2.34. The van der Waals surface area contributed by atoms with Gasteiger partial charge in [-0.2, -0.15) is 4.31 Å². The van der Waals surface area contributed by atoms with Gasteiger partial charge in [0, 0.05) is 30.8 Å². The van der Waals surface area contributed by atoms with Crippen LogP contribution in [0.5, 0.6) is 5.75 Å². The molecule has 1 N–H and O–H groups in total. The van der Waals surface area contributed by atoms with Gasteiger partial charge >= 0.3 is 0 Å². The van der Waals surface area contributed by atoms with Crippen molar-refractivity contribution in [3.63, 3.8) is 0 Å². The number of halogens is 1. The van der Waals surface area contributed by atoms with Crippen LogP contribution in [0.2, 0.25) is 0 Å². The van der Waals surface area contributed by atoms with Crippen LogP contribution >= 0.6 is 0 Å². The van der Waals surface area contributed by atoms with Gasteiger partial charge in [0.2, 0.25) is 10.0 Å². The third kappa shape index (κ3) is 3.27. The summed E-state index contributed by atoms with van der Waals surface area (Å²) in [6, 6.07) is 11.1. The second kappa shape index (κ2) is 7.11. The van der Waals surface area contributed by atoms with E-state index in [2.05, 4.69) is 5.32 Å². The van der Waals surface area contributed by atoms with Gasteiger partial charge in [0.1, 0.15) is 11.6 Å². The van der Waals surface area contributed by atoms with Crippen LogP contribution in [0.25, 0.3) is 0 Å². The minimum atomic E-state index is -3.84. The third-order valence-electron chi connectivity index (χ3n) is 4.50. The first-order valence-electron chi connectivity index (χ1n) is 8.07. The number of hydrogen-bond acceptors (Lipinski definition) is 4. The number of hydrogen-bond donors (Lipinski definition) is 1. The second-order valence-corrected chi connectivity index (χ2v) is 7.80. The lowest BCUT2D eigenvalue weighted by Gasteiger charge is -2.36. The van der Waals surface area contributed by atoms with E-state index in [-0.39, 0.29) is 10.5 Å². The minimum absolute atomic E-state index is 0.00861. The maximum atomic E-state index is 13.9. The molecule has 1 aliphatic rings. The van der Waals surface area contributed by atoms with Gasteiger partial charge in [-0.05, 0) is 25.1 Å². The maximum Gasteiger partial charge on any atom is 0.244 e. The molecule has 1 fully saturated rings. The van der Waals surface area contributed by atoms with Crippen LogP contribution in [0.15, 0.2) is 47.4 Å². The molecule has 0 aromatic heterocycles. The predicted molar refractivity (Wildman–Crippen MR) is 93.6 cm³/mol. The van der Waals surface area contributed by atoms with E-state index in [9.17, 15) is 12.8 Å². The van der Waals surface area contributed by atoms with Crippen LogP contribution in [0.1, 0.15) is 17.2 Å². The van der Waals surface area contributed by atoms with E-state index in [1.165, 1.54) is 29.4 Å². The quantitative estimate of drug-likeness (QED) is 0.906. The van der Waals surface area contributed by atoms with Gasteiger partial charge in [0.15, 0.2) is 0 Å². The Hall–Kier alpha value is -1.96. The summed E-state index contributed by atoms with van der Waals surface area (Å²) in [7, 11) is -2.28. The van der Waals surface area contributed by atoms with Gasteiger partial charge in [-0.25, -0.2) is 12.8 Å². The van der Waals surface area contributed by atoms with Gasteiger partial charge < -0.3 is 10.1 Å². The van der Waals surface area contributed by atoms with E-state index in [1.807, 2.05) is 24.3 Å². The Bertz CT molecular complexity index is 870. The molecule has 0 amide bonds. The van der Waals surface area contributed by atoms with Crippen molar-refractivity contribution in [2.75, 3.05) is 26.7 Å². The summed E-state index contributed by atoms with van der Waals surface area (Å²) in [5, 5.41) is 3.23. The molecule has 1 unspecified atom stereocenters. The predicted octanol–water partition coefficient (Wildman–Crippen LogP) is 2.48. The first kappa shape index (κ1) is 17.8. The average Bonchev–Trinajstić information content (AvgIpc) is 2.63. The summed E-state index contributed by atoms with van der Waals surface area (Å²) in [4.78, 5) is 0.00861. The molecule has 2 aromatic rings. The largest absolute Gasteiger partial charge is 0.496 e. The fraction of sp³-hybridized carbons (Fsp3) is 0.333. The highest BCUT2D eigenvalue weighted by atomic mass is 32.2. The second-order valence-electron chi connectivity index (χ2n) is 5.94. The van der Waals surface area contributed by atoms with Gasteiger partial charge in [-0.1, -0.05) is 24.3 Å². The van der Waals surface area contributed by atoms with Crippen molar-refractivity contribution in [2.24, 2.45) is 0 Å². The van der Waals surface area contributed by atoms with Gasteiger partial charge in [0.05, 0.1) is 18.0 Å². The molecule has 7 heteroatoms. The standard InChI is InChI=1S/C18H21FN2O3S/c1-13-15(19)7-5-9-18(13)25(22,23)21-11-10-20-12-16(21)14-6-3-4-8-17(14)24-2/h3-9,16,20H,10-12H2,1-2H3. The molecule has 1 aliphatic heterocycles. The smallest absolute Gasteiger partial charge is 0.244 e. The van der Waals surface area contributed by atoms with E-state index in [4.69, 9.17) is 4.74 Å². The number of benzene rings is 2. The van der Waals surface area contributed by atoms with Crippen molar-refractivity contribution in [1.29, 1.82) is 0 Å². The summed E-state index contributed by atoms with van der Waals surface area (Å²) in [5.41, 5.74) is 0.926. The van der Waals surface area contributed by atoms with E-state index >= 15 is 0 Å². The van der Waals surface area contributed by atoms with Crippen molar-refractivity contribution >= 4 is 10.0 Å². The molecule has 3 rings (SSSR count). The van der Waals surface area contributed by atoms with Gasteiger partial charge in [0.25, 0.3) is 0 Å². The summed E-state index contributed by atoms with van der Waals surface area (Å²) < 4.78 is 47.2. The minimum Gasteiger partial charge on any atom is -0.496 e. The molecule has 0 saturated carbocycles. The Morgan fingerprint density at radius 1 is 1.20 bits per heavy atom. The number of rotatable bonds is 4. The summed E-state index contributed by atoms with van der Waals surface area (Å²) >= 11 is 0. The highest BCUT2D eigenvalue weighted by Gasteiger charge is 2.36. The number of nitrogens with zero attached hydrogens (tertiary/aromatic N) is 1. The van der Waals surface area contributed by atoms with Crippen molar-refractivity contribution < 1.29 is 17.5 Å². The lowest BCUT2D eigenvalue weighted by Crippen LogP contribution is -2.48. The maximum absolute atomic E-state index is 13.9. The number of sulfonamides is 1. The van der Waals surface area contributed by atoms with Gasteiger partial charge in [-0.15, -0.1) is 0 Å². The molecule has 25 heavy (non-hydrogen) atoms. The monoisotopic (exact) mass is 364 g/mol. The molecule has 2 aromatic carbocycles. The first-order chi connectivity index (χ1) is 12.0. The summed E-state index contributed by atoms with van der Waals surface area (Å²) in [5.74, 6) is 0.109. The van der Waals surface area contributed by atoms with Crippen LogP contribution in [-0.4, -0.2) is 39.5 Å². The fourth-order valence-corrected chi connectivity index (χ4v) is 5.02. The van der Waals surface area contributed by atoms with E-state index in [0.29, 0.717) is 25.4 Å². The number of ether oxygens (including phenoxy) is 1. The normalized spacial score (nSPS) is 18.9. The molecule has 1 heterocycles. The summed E-state index contributed by atoms with van der Waals surface area (Å²) in [6.45, 7) is 2.80. The zero-order valence-electron chi connectivity index (χ0n) is 14.2. The molecule has 0 aliphatic carbocycles. The van der Waals surface area contributed by atoms with Crippen molar-refractivity contribution in [2.45, 2.75) is 17.9 Å². The Morgan fingerprint density at radius 3 is 2.72 bits per heavy atom. The van der Waals surface area contributed by atoms with Crippen LogP contribution in [0.4, 0.5) is 4.39 Å². The van der Waals surface area contributed by atoms with E-state index in [0.717, 1.165) is 5.56 Å². The van der Waals surface area contributed by atoms with Crippen LogP contribution < -0.4 is 10.1 Å². The first-order valence-corrected chi connectivity index (χ1v) is 9.51. The fourth-order valence-electron chi connectivity index (χ4n) is 3.17. The van der Waals surface area contributed by atoms with Crippen molar-refractivity contribution in [3.8, 4) is 5.75 Å². The third-order valence-corrected chi connectivity index (χ3v) is 6.55.